The van der Waals surface area contributed by atoms with Crippen molar-refractivity contribution in [3.63, 3.8) is 0 Å². The Balaban J connectivity index is 1.53. The van der Waals surface area contributed by atoms with Gasteiger partial charge in [0.25, 0.3) is 5.91 Å². The van der Waals surface area contributed by atoms with Gasteiger partial charge in [-0.05, 0) is 50.2 Å². The normalized spacial score (nSPS) is 11.8. The van der Waals surface area contributed by atoms with E-state index in [9.17, 15) is 9.18 Å². The number of amides is 1. The second kappa shape index (κ2) is 8.46. The maximum Gasteiger partial charge on any atom is 0.266 e. The van der Waals surface area contributed by atoms with E-state index in [-0.39, 0.29) is 11.7 Å². The van der Waals surface area contributed by atoms with Crippen LogP contribution in [0.5, 0.6) is 5.75 Å². The molecule has 2 aromatic carbocycles. The Morgan fingerprint density at radius 1 is 1.17 bits per heavy atom. The highest BCUT2D eigenvalue weighted by atomic mass is 32.1. The molecule has 152 valence electrons. The molecule has 1 N–H and O–H groups in total. The molecule has 0 radical (unpaired) electrons. The van der Waals surface area contributed by atoms with Gasteiger partial charge >= 0.3 is 0 Å². The summed E-state index contributed by atoms with van der Waals surface area (Å²) in [4.78, 5) is 17.2. The van der Waals surface area contributed by atoms with Crippen LogP contribution in [-0.4, -0.2) is 26.8 Å². The Morgan fingerprint density at radius 3 is 2.63 bits per heavy atom. The SMILES string of the molecule is Cc1cc(NC(=O)[C@@H](C)Oc2ccccc2)n(-c2nc(-c3ccc(F)cc3)cs2)n1. The summed E-state index contributed by atoms with van der Waals surface area (Å²) in [5.41, 5.74) is 2.25. The molecular weight excluding hydrogens is 403 g/mol. The van der Waals surface area contributed by atoms with E-state index in [2.05, 4.69) is 15.4 Å². The molecule has 0 aliphatic rings. The molecule has 6 nitrogen and oxygen atoms in total. The summed E-state index contributed by atoms with van der Waals surface area (Å²) in [6.07, 6.45) is -0.692. The zero-order valence-corrected chi connectivity index (χ0v) is 17.2. The van der Waals surface area contributed by atoms with Crippen LogP contribution in [0.25, 0.3) is 16.4 Å². The Morgan fingerprint density at radius 2 is 1.90 bits per heavy atom. The van der Waals surface area contributed by atoms with Gasteiger partial charge < -0.3 is 10.1 Å². The quantitative estimate of drug-likeness (QED) is 0.482. The summed E-state index contributed by atoms with van der Waals surface area (Å²) in [5.74, 6) is 0.527. The number of ether oxygens (including phenoxy) is 1. The molecule has 0 bridgehead atoms. The first kappa shape index (κ1) is 19.8. The van der Waals surface area contributed by atoms with Crippen LogP contribution in [0.15, 0.2) is 66.0 Å². The molecule has 4 rings (SSSR count). The van der Waals surface area contributed by atoms with E-state index < -0.39 is 6.10 Å². The molecule has 2 aromatic heterocycles. The first-order valence-electron chi connectivity index (χ1n) is 9.30. The fraction of sp³-hybridized carbons (Fsp3) is 0.136. The number of carbonyl (C=O) groups excluding carboxylic acids is 1. The van der Waals surface area contributed by atoms with Crippen LogP contribution >= 0.6 is 11.3 Å². The van der Waals surface area contributed by atoms with Gasteiger partial charge in [0, 0.05) is 17.0 Å². The number of hydrogen-bond acceptors (Lipinski definition) is 5. The van der Waals surface area contributed by atoms with Gasteiger partial charge in [-0.15, -0.1) is 11.3 Å². The number of nitrogens with one attached hydrogen (secondary N) is 1. The lowest BCUT2D eigenvalue weighted by molar-refractivity contribution is -0.122. The van der Waals surface area contributed by atoms with Crippen LogP contribution in [0.4, 0.5) is 10.2 Å². The van der Waals surface area contributed by atoms with Crippen LogP contribution in [0.3, 0.4) is 0 Å². The lowest BCUT2D eigenvalue weighted by Crippen LogP contribution is -2.30. The predicted molar refractivity (Wildman–Crippen MR) is 115 cm³/mol. The van der Waals surface area contributed by atoms with E-state index in [4.69, 9.17) is 4.74 Å². The minimum absolute atomic E-state index is 0.296. The zero-order valence-electron chi connectivity index (χ0n) is 16.4. The summed E-state index contributed by atoms with van der Waals surface area (Å²) in [5, 5.41) is 9.77. The summed E-state index contributed by atoms with van der Waals surface area (Å²) >= 11 is 1.38. The smallest absolute Gasteiger partial charge is 0.266 e. The molecule has 0 spiro atoms. The summed E-state index contributed by atoms with van der Waals surface area (Å²) in [6.45, 7) is 3.52. The van der Waals surface area contributed by atoms with Crippen molar-refractivity contribution in [2.24, 2.45) is 0 Å². The average Bonchev–Trinajstić information content (AvgIpc) is 3.36. The molecule has 0 fully saturated rings. The number of nitrogens with zero attached hydrogens (tertiary/aromatic N) is 3. The van der Waals surface area contributed by atoms with Crippen LogP contribution in [0.2, 0.25) is 0 Å². The molecule has 4 aromatic rings. The molecule has 0 unspecified atom stereocenters. The fourth-order valence-electron chi connectivity index (χ4n) is 2.83. The predicted octanol–water partition coefficient (Wildman–Crippen LogP) is 4.85. The number of para-hydroxylation sites is 1. The summed E-state index contributed by atoms with van der Waals surface area (Å²) in [6, 6.07) is 17.1. The van der Waals surface area contributed by atoms with Crippen molar-refractivity contribution in [3.05, 3.63) is 77.6 Å². The van der Waals surface area contributed by atoms with Gasteiger partial charge in [0.1, 0.15) is 17.4 Å². The van der Waals surface area contributed by atoms with Gasteiger partial charge in [-0.25, -0.2) is 9.37 Å². The third-order valence-electron chi connectivity index (χ3n) is 4.32. The molecule has 8 heteroatoms. The second-order valence-electron chi connectivity index (χ2n) is 6.67. The number of aryl methyl sites for hydroxylation is 1. The Kier molecular flexibility index (Phi) is 5.58. The van der Waals surface area contributed by atoms with Crippen molar-refractivity contribution < 1.29 is 13.9 Å². The second-order valence-corrected chi connectivity index (χ2v) is 7.50. The first-order chi connectivity index (χ1) is 14.5. The minimum atomic E-state index is -0.692. The molecule has 30 heavy (non-hydrogen) atoms. The minimum Gasteiger partial charge on any atom is -0.481 e. The van der Waals surface area contributed by atoms with E-state index in [0.717, 1.165) is 11.3 Å². The largest absolute Gasteiger partial charge is 0.481 e. The first-order valence-corrected chi connectivity index (χ1v) is 10.2. The van der Waals surface area contributed by atoms with Crippen LogP contribution in [0, 0.1) is 12.7 Å². The molecule has 0 aliphatic heterocycles. The van der Waals surface area contributed by atoms with Crippen molar-refractivity contribution in [1.29, 1.82) is 0 Å². The number of thiazole rings is 1. The Bertz CT molecular complexity index is 1160. The van der Waals surface area contributed by atoms with E-state index in [1.807, 2.05) is 30.5 Å². The van der Waals surface area contributed by atoms with Gasteiger partial charge in [0.2, 0.25) is 5.13 Å². The standard InChI is InChI=1S/C22H19FN4O2S/c1-14-12-20(25-21(28)15(2)29-18-6-4-3-5-7-18)27(26-14)22-24-19(13-30-22)16-8-10-17(23)11-9-16/h3-13,15H,1-2H3,(H,25,28)/t15-/m1/s1. The van der Waals surface area contributed by atoms with Gasteiger partial charge in [-0.1, -0.05) is 18.2 Å². The lowest BCUT2D eigenvalue weighted by Gasteiger charge is -2.14. The number of halogens is 1. The number of anilines is 1. The van der Waals surface area contributed by atoms with E-state index in [1.54, 1.807) is 41.9 Å². The summed E-state index contributed by atoms with van der Waals surface area (Å²) < 4.78 is 20.4. The third kappa shape index (κ3) is 4.38. The highest BCUT2D eigenvalue weighted by Crippen LogP contribution is 2.26. The van der Waals surface area contributed by atoms with Crippen molar-refractivity contribution in [2.45, 2.75) is 20.0 Å². The van der Waals surface area contributed by atoms with Gasteiger partial charge in [0.15, 0.2) is 6.10 Å². The molecule has 0 aliphatic carbocycles. The lowest BCUT2D eigenvalue weighted by atomic mass is 10.2. The van der Waals surface area contributed by atoms with Gasteiger partial charge in [-0.2, -0.15) is 9.78 Å². The van der Waals surface area contributed by atoms with Gasteiger partial charge in [-0.3, -0.25) is 4.79 Å². The highest BCUT2D eigenvalue weighted by Gasteiger charge is 2.19. The molecule has 0 saturated carbocycles. The third-order valence-corrected chi connectivity index (χ3v) is 5.14. The number of carbonyl (C=O) groups is 1. The van der Waals surface area contributed by atoms with Gasteiger partial charge in [0.05, 0.1) is 11.4 Å². The molecule has 1 amide bonds. The monoisotopic (exact) mass is 422 g/mol. The number of rotatable bonds is 6. The molecule has 0 saturated heterocycles. The van der Waals surface area contributed by atoms with Crippen molar-refractivity contribution in [3.8, 4) is 22.1 Å². The summed E-state index contributed by atoms with van der Waals surface area (Å²) in [7, 11) is 0. The number of hydrogen-bond donors (Lipinski definition) is 1. The van der Waals surface area contributed by atoms with Crippen LogP contribution in [0.1, 0.15) is 12.6 Å². The van der Waals surface area contributed by atoms with E-state index >= 15 is 0 Å². The fourth-order valence-corrected chi connectivity index (χ4v) is 3.63. The molecule has 2 heterocycles. The average molecular weight is 422 g/mol. The van der Waals surface area contributed by atoms with Crippen molar-refractivity contribution >= 4 is 23.1 Å². The zero-order chi connectivity index (χ0) is 21.1. The van der Waals surface area contributed by atoms with Crippen molar-refractivity contribution in [1.82, 2.24) is 14.8 Å². The topological polar surface area (TPSA) is 69.0 Å². The van der Waals surface area contributed by atoms with Crippen LogP contribution in [-0.2, 0) is 4.79 Å². The van der Waals surface area contributed by atoms with E-state index in [1.165, 1.54) is 23.5 Å². The maximum atomic E-state index is 13.2. The van der Waals surface area contributed by atoms with Crippen LogP contribution < -0.4 is 10.1 Å². The number of aromatic nitrogens is 3. The Labute approximate surface area is 177 Å². The molecular formula is C22H19FN4O2S. The Hall–Kier alpha value is -3.52. The highest BCUT2D eigenvalue weighted by molar-refractivity contribution is 7.12. The van der Waals surface area contributed by atoms with E-state index in [0.29, 0.717) is 22.4 Å². The number of benzene rings is 2. The maximum absolute atomic E-state index is 13.2. The van der Waals surface area contributed by atoms with Crippen molar-refractivity contribution in [2.75, 3.05) is 5.32 Å². The molecule has 1 atom stereocenters.